The molecule has 0 aliphatic carbocycles. The summed E-state index contributed by atoms with van der Waals surface area (Å²) < 4.78 is 10.4. The van der Waals surface area contributed by atoms with Crippen molar-refractivity contribution in [1.29, 1.82) is 0 Å². The van der Waals surface area contributed by atoms with E-state index in [0.29, 0.717) is 17.3 Å². The zero-order valence-electron chi connectivity index (χ0n) is 10.2. The largest absolute Gasteiger partial charge is 0.526 e. The summed E-state index contributed by atoms with van der Waals surface area (Å²) in [6.45, 7) is 2.13. The highest BCUT2D eigenvalue weighted by molar-refractivity contribution is 6.57. The van der Waals surface area contributed by atoms with Gasteiger partial charge < -0.3 is 18.9 Å². The van der Waals surface area contributed by atoms with Crippen molar-refractivity contribution in [3.05, 3.63) is 18.2 Å². The second kappa shape index (κ2) is 5.84. The Kier molecular flexibility index (Phi) is 4.17. The molecule has 0 saturated carbocycles. The maximum absolute atomic E-state index is 8.93. The lowest BCUT2D eigenvalue weighted by Gasteiger charge is -1.92. The number of aromatic nitrogens is 2. The molecule has 0 amide bonds. The normalized spacial score (nSPS) is 10.8. The van der Waals surface area contributed by atoms with Crippen LogP contribution in [-0.2, 0) is 6.42 Å². The SMILES string of the molecule is CCCCCc1nnc(-c2coc(B(O)O)c2)o1. The molecule has 0 spiro atoms. The smallest absolute Gasteiger partial charge is 0.472 e. The zero-order chi connectivity index (χ0) is 13.0. The fourth-order valence-electron chi connectivity index (χ4n) is 1.60. The van der Waals surface area contributed by atoms with Crippen LogP contribution in [0.4, 0.5) is 0 Å². The monoisotopic (exact) mass is 250 g/mol. The van der Waals surface area contributed by atoms with Gasteiger partial charge in [0.2, 0.25) is 5.89 Å². The molecule has 0 unspecified atom stereocenters. The van der Waals surface area contributed by atoms with Crippen LogP contribution < -0.4 is 5.66 Å². The maximum atomic E-state index is 8.93. The van der Waals surface area contributed by atoms with Gasteiger partial charge >= 0.3 is 7.12 Å². The molecule has 0 saturated heterocycles. The van der Waals surface area contributed by atoms with Crippen LogP contribution in [0.2, 0.25) is 0 Å². The molecule has 2 rings (SSSR count). The van der Waals surface area contributed by atoms with E-state index in [1.807, 2.05) is 0 Å². The molecule has 0 aromatic carbocycles. The molecule has 2 heterocycles. The quantitative estimate of drug-likeness (QED) is 0.580. The van der Waals surface area contributed by atoms with Crippen molar-refractivity contribution in [3.63, 3.8) is 0 Å². The lowest BCUT2D eigenvalue weighted by molar-refractivity contribution is 0.409. The molecule has 7 heteroatoms. The van der Waals surface area contributed by atoms with Gasteiger partial charge in [0.25, 0.3) is 5.89 Å². The number of aryl methyl sites for hydroxylation is 1. The molecule has 0 aliphatic heterocycles. The van der Waals surface area contributed by atoms with Crippen LogP contribution in [0.3, 0.4) is 0 Å². The van der Waals surface area contributed by atoms with Crippen LogP contribution in [0.15, 0.2) is 21.2 Å². The van der Waals surface area contributed by atoms with Crippen molar-refractivity contribution >= 4 is 12.8 Å². The van der Waals surface area contributed by atoms with E-state index in [4.69, 9.17) is 18.9 Å². The van der Waals surface area contributed by atoms with Gasteiger partial charge in [0, 0.05) is 6.42 Å². The summed E-state index contributed by atoms with van der Waals surface area (Å²) in [4.78, 5) is 0. The Morgan fingerprint density at radius 2 is 2.11 bits per heavy atom. The first kappa shape index (κ1) is 12.9. The van der Waals surface area contributed by atoms with Crippen LogP contribution >= 0.6 is 0 Å². The minimum Gasteiger partial charge on any atom is -0.472 e. The number of unbranched alkanes of at least 4 members (excludes halogenated alkanes) is 2. The van der Waals surface area contributed by atoms with Gasteiger partial charge in [0.15, 0.2) is 0 Å². The first-order valence-electron chi connectivity index (χ1n) is 5.98. The Bertz CT molecular complexity index is 495. The Hall–Kier alpha value is -1.60. The van der Waals surface area contributed by atoms with E-state index in [9.17, 15) is 0 Å². The van der Waals surface area contributed by atoms with Crippen molar-refractivity contribution in [3.8, 4) is 11.5 Å². The third-order valence-corrected chi connectivity index (χ3v) is 2.58. The number of furan rings is 1. The van der Waals surface area contributed by atoms with Crippen LogP contribution in [0, 0.1) is 0 Å². The summed E-state index contributed by atoms with van der Waals surface area (Å²) in [5, 5.41) is 25.7. The molecule has 6 nitrogen and oxygen atoms in total. The third-order valence-electron chi connectivity index (χ3n) is 2.58. The van der Waals surface area contributed by atoms with E-state index >= 15 is 0 Å². The second-order valence-corrected chi connectivity index (χ2v) is 4.07. The van der Waals surface area contributed by atoms with E-state index in [2.05, 4.69) is 17.1 Å². The fraction of sp³-hybridized carbons (Fsp3) is 0.455. The van der Waals surface area contributed by atoms with E-state index in [1.165, 1.54) is 12.3 Å². The zero-order valence-corrected chi connectivity index (χ0v) is 10.2. The van der Waals surface area contributed by atoms with Gasteiger partial charge in [-0.15, -0.1) is 10.2 Å². The molecule has 0 radical (unpaired) electrons. The van der Waals surface area contributed by atoms with Crippen LogP contribution in [0.1, 0.15) is 32.1 Å². The van der Waals surface area contributed by atoms with E-state index in [1.54, 1.807) is 0 Å². The Labute approximate surface area is 105 Å². The van der Waals surface area contributed by atoms with E-state index < -0.39 is 7.12 Å². The molecule has 0 atom stereocenters. The summed E-state index contributed by atoms with van der Waals surface area (Å²) in [5.41, 5.74) is 0.600. The lowest BCUT2D eigenvalue weighted by atomic mass is 9.87. The first-order chi connectivity index (χ1) is 8.70. The van der Waals surface area contributed by atoms with Crippen molar-refractivity contribution in [2.45, 2.75) is 32.6 Å². The number of rotatable bonds is 6. The molecule has 0 fully saturated rings. The predicted octanol–water partition coefficient (Wildman–Crippen LogP) is 0.742. The molecule has 18 heavy (non-hydrogen) atoms. The minimum atomic E-state index is -1.63. The highest BCUT2D eigenvalue weighted by atomic mass is 16.4. The van der Waals surface area contributed by atoms with Gasteiger partial charge in [-0.05, 0) is 12.5 Å². The average molecular weight is 250 g/mol. The van der Waals surface area contributed by atoms with E-state index in [0.717, 1.165) is 25.7 Å². The van der Waals surface area contributed by atoms with Gasteiger partial charge in [-0.2, -0.15) is 0 Å². The molecule has 2 aromatic heterocycles. The molecule has 0 aliphatic rings. The maximum Gasteiger partial charge on any atom is 0.526 e. The summed E-state index contributed by atoms with van der Waals surface area (Å²) in [5.74, 6) is 0.919. The molecule has 2 N–H and O–H groups in total. The lowest BCUT2D eigenvalue weighted by Crippen LogP contribution is -2.27. The van der Waals surface area contributed by atoms with Gasteiger partial charge in [-0.25, -0.2) is 0 Å². The molecular weight excluding hydrogens is 235 g/mol. The van der Waals surface area contributed by atoms with Gasteiger partial charge in [0.1, 0.15) is 11.9 Å². The van der Waals surface area contributed by atoms with Gasteiger partial charge in [0.05, 0.1) is 5.56 Å². The van der Waals surface area contributed by atoms with Gasteiger partial charge in [-0.1, -0.05) is 19.8 Å². The molecule has 2 aromatic rings. The van der Waals surface area contributed by atoms with Gasteiger partial charge in [-0.3, -0.25) is 0 Å². The van der Waals surface area contributed by atoms with Crippen LogP contribution in [-0.4, -0.2) is 27.4 Å². The first-order valence-corrected chi connectivity index (χ1v) is 5.98. The summed E-state index contributed by atoms with van der Waals surface area (Å²) in [6.07, 6.45) is 5.40. The predicted molar refractivity (Wildman–Crippen MR) is 65.1 cm³/mol. The van der Waals surface area contributed by atoms with Crippen molar-refractivity contribution in [2.75, 3.05) is 0 Å². The average Bonchev–Trinajstić information content (AvgIpc) is 2.97. The summed E-state index contributed by atoms with van der Waals surface area (Å²) >= 11 is 0. The topological polar surface area (TPSA) is 92.5 Å². The van der Waals surface area contributed by atoms with Crippen molar-refractivity contribution in [2.24, 2.45) is 0 Å². The molecule has 96 valence electrons. The van der Waals surface area contributed by atoms with Crippen molar-refractivity contribution in [1.82, 2.24) is 10.2 Å². The Morgan fingerprint density at radius 1 is 1.28 bits per heavy atom. The van der Waals surface area contributed by atoms with Crippen molar-refractivity contribution < 1.29 is 18.9 Å². The Morgan fingerprint density at radius 3 is 2.78 bits per heavy atom. The van der Waals surface area contributed by atoms with E-state index in [-0.39, 0.29) is 5.66 Å². The Balaban J connectivity index is 2.04. The number of hydrogen-bond acceptors (Lipinski definition) is 6. The summed E-state index contributed by atoms with van der Waals surface area (Å²) in [6, 6.07) is 1.47. The number of nitrogens with zero attached hydrogens (tertiary/aromatic N) is 2. The highest BCUT2D eigenvalue weighted by Crippen LogP contribution is 2.18. The second-order valence-electron chi connectivity index (χ2n) is 4.07. The van der Waals surface area contributed by atoms with Crippen LogP contribution in [0.25, 0.3) is 11.5 Å². The van der Waals surface area contributed by atoms with Crippen LogP contribution in [0.5, 0.6) is 0 Å². The molecule has 0 bridgehead atoms. The minimum absolute atomic E-state index is 0.0516. The number of hydrogen-bond donors (Lipinski definition) is 2. The molecular formula is C11H15BN2O4. The third kappa shape index (κ3) is 2.99. The summed E-state index contributed by atoms with van der Waals surface area (Å²) in [7, 11) is -1.63. The fourth-order valence-corrected chi connectivity index (χ4v) is 1.60. The highest BCUT2D eigenvalue weighted by Gasteiger charge is 2.19. The standard InChI is InChI=1S/C11H15BN2O4/c1-2-3-4-5-10-13-14-11(18-10)8-6-9(12(15)16)17-7-8/h6-7,15-16H,2-5H2,1H3.